The van der Waals surface area contributed by atoms with Crippen LogP contribution < -0.4 is 5.73 Å². The summed E-state index contributed by atoms with van der Waals surface area (Å²) in [6.45, 7) is 3.70. The van der Waals surface area contributed by atoms with Crippen LogP contribution in [0.3, 0.4) is 0 Å². The van der Waals surface area contributed by atoms with Crippen LogP contribution in [-0.4, -0.2) is 16.3 Å². The molecule has 0 amide bonds. The van der Waals surface area contributed by atoms with Crippen LogP contribution in [0.1, 0.15) is 23.8 Å². The Labute approximate surface area is 106 Å². The standard InChI is InChI=1S/C13H19NO2S/c1-2-10(6-3-4-8-14)12(15)13(16)11-7-5-9-17-11/h2,4-5,7-10,12-13,15-16H,1,3,6,14H2/b8-4+/t10-,12?,13?/m0/s1. The molecule has 2 unspecified atom stereocenters. The number of rotatable bonds is 7. The zero-order chi connectivity index (χ0) is 12.7. The van der Waals surface area contributed by atoms with Crippen LogP contribution in [0.5, 0.6) is 0 Å². The second kappa shape index (κ2) is 7.27. The summed E-state index contributed by atoms with van der Waals surface area (Å²) in [6.07, 6.45) is 4.83. The largest absolute Gasteiger partial charge is 0.405 e. The molecule has 0 aromatic carbocycles. The van der Waals surface area contributed by atoms with E-state index in [4.69, 9.17) is 5.73 Å². The van der Waals surface area contributed by atoms with Gasteiger partial charge in [0.2, 0.25) is 0 Å². The average Bonchev–Trinajstić information content (AvgIpc) is 2.87. The molecule has 4 heteroatoms. The maximum absolute atomic E-state index is 10.1. The molecule has 1 aromatic heterocycles. The summed E-state index contributed by atoms with van der Waals surface area (Å²) in [5, 5.41) is 22.0. The topological polar surface area (TPSA) is 66.5 Å². The Balaban J connectivity index is 2.59. The Kier molecular flexibility index (Phi) is 5.97. The highest BCUT2D eigenvalue weighted by Crippen LogP contribution is 2.28. The summed E-state index contributed by atoms with van der Waals surface area (Å²) in [5.74, 6) is -0.136. The van der Waals surface area contributed by atoms with Crippen molar-refractivity contribution in [3.05, 3.63) is 47.3 Å². The van der Waals surface area contributed by atoms with E-state index in [1.807, 2.05) is 23.6 Å². The van der Waals surface area contributed by atoms with Crippen LogP contribution >= 0.6 is 11.3 Å². The molecule has 0 aliphatic heterocycles. The molecule has 1 heterocycles. The van der Waals surface area contributed by atoms with Gasteiger partial charge in [-0.2, -0.15) is 0 Å². The molecule has 1 rings (SSSR count). The van der Waals surface area contributed by atoms with E-state index in [2.05, 4.69) is 6.58 Å². The van der Waals surface area contributed by atoms with Gasteiger partial charge in [-0.25, -0.2) is 0 Å². The lowest BCUT2D eigenvalue weighted by Crippen LogP contribution is -2.25. The number of hydrogen-bond donors (Lipinski definition) is 3. The quantitative estimate of drug-likeness (QED) is 0.653. The van der Waals surface area contributed by atoms with Crippen LogP contribution in [0.25, 0.3) is 0 Å². The monoisotopic (exact) mass is 253 g/mol. The van der Waals surface area contributed by atoms with E-state index in [1.54, 1.807) is 6.08 Å². The van der Waals surface area contributed by atoms with Gasteiger partial charge in [-0.05, 0) is 30.5 Å². The van der Waals surface area contributed by atoms with Crippen molar-refractivity contribution in [2.45, 2.75) is 25.0 Å². The van der Waals surface area contributed by atoms with Gasteiger partial charge in [0.15, 0.2) is 0 Å². The maximum Gasteiger partial charge on any atom is 0.115 e. The van der Waals surface area contributed by atoms with E-state index in [0.29, 0.717) is 0 Å². The summed E-state index contributed by atoms with van der Waals surface area (Å²) in [5.41, 5.74) is 5.25. The number of hydrogen-bond acceptors (Lipinski definition) is 4. The minimum Gasteiger partial charge on any atom is -0.405 e. The molecule has 0 aliphatic carbocycles. The Morgan fingerprint density at radius 3 is 2.76 bits per heavy atom. The van der Waals surface area contributed by atoms with Crippen molar-refractivity contribution >= 4 is 11.3 Å². The first-order valence-electron chi connectivity index (χ1n) is 5.59. The van der Waals surface area contributed by atoms with Crippen LogP contribution in [0.4, 0.5) is 0 Å². The molecular formula is C13H19NO2S. The normalized spacial score (nSPS) is 16.8. The fraction of sp³-hybridized carbons (Fsp3) is 0.385. The third kappa shape index (κ3) is 4.00. The van der Waals surface area contributed by atoms with Crippen molar-refractivity contribution in [3.8, 4) is 0 Å². The summed E-state index contributed by atoms with van der Waals surface area (Å²) >= 11 is 1.44. The van der Waals surface area contributed by atoms with E-state index < -0.39 is 12.2 Å². The third-order valence-electron chi connectivity index (χ3n) is 2.70. The van der Waals surface area contributed by atoms with Crippen molar-refractivity contribution in [1.82, 2.24) is 0 Å². The third-order valence-corrected chi connectivity index (χ3v) is 3.65. The lowest BCUT2D eigenvalue weighted by atomic mass is 9.92. The minimum atomic E-state index is -0.847. The molecule has 94 valence electrons. The van der Waals surface area contributed by atoms with Gasteiger partial charge in [-0.1, -0.05) is 18.2 Å². The van der Waals surface area contributed by atoms with E-state index in [-0.39, 0.29) is 5.92 Å². The van der Waals surface area contributed by atoms with Gasteiger partial charge in [0.1, 0.15) is 6.10 Å². The molecule has 17 heavy (non-hydrogen) atoms. The van der Waals surface area contributed by atoms with Crippen LogP contribution in [-0.2, 0) is 0 Å². The van der Waals surface area contributed by atoms with Gasteiger partial charge in [-0.15, -0.1) is 17.9 Å². The minimum absolute atomic E-state index is 0.136. The number of aliphatic hydroxyl groups is 2. The lowest BCUT2D eigenvalue weighted by molar-refractivity contribution is -0.00638. The lowest BCUT2D eigenvalue weighted by Gasteiger charge is -2.23. The number of allylic oxidation sites excluding steroid dienone is 1. The fourth-order valence-electron chi connectivity index (χ4n) is 1.67. The molecule has 0 spiro atoms. The molecule has 3 atom stereocenters. The number of thiophene rings is 1. The summed E-state index contributed by atoms with van der Waals surface area (Å²) in [6, 6.07) is 3.68. The van der Waals surface area contributed by atoms with Crippen LogP contribution in [0.2, 0.25) is 0 Å². The highest BCUT2D eigenvalue weighted by atomic mass is 32.1. The van der Waals surface area contributed by atoms with E-state index >= 15 is 0 Å². The Morgan fingerprint density at radius 2 is 2.24 bits per heavy atom. The second-order valence-electron chi connectivity index (χ2n) is 3.86. The Morgan fingerprint density at radius 1 is 1.47 bits per heavy atom. The van der Waals surface area contributed by atoms with Gasteiger partial charge >= 0.3 is 0 Å². The Bertz CT molecular complexity index is 348. The van der Waals surface area contributed by atoms with Crippen LogP contribution in [0.15, 0.2) is 42.4 Å². The van der Waals surface area contributed by atoms with Gasteiger partial charge in [0, 0.05) is 10.8 Å². The molecule has 0 bridgehead atoms. The molecule has 0 fully saturated rings. The molecule has 4 N–H and O–H groups in total. The van der Waals surface area contributed by atoms with Crippen LogP contribution in [0, 0.1) is 5.92 Å². The van der Waals surface area contributed by atoms with E-state index in [1.165, 1.54) is 17.5 Å². The van der Waals surface area contributed by atoms with E-state index in [0.717, 1.165) is 17.7 Å². The van der Waals surface area contributed by atoms with Crippen molar-refractivity contribution in [2.75, 3.05) is 0 Å². The number of nitrogens with two attached hydrogens (primary N) is 1. The predicted molar refractivity (Wildman–Crippen MR) is 71.5 cm³/mol. The highest BCUT2D eigenvalue weighted by Gasteiger charge is 2.25. The molecule has 0 radical (unpaired) electrons. The van der Waals surface area contributed by atoms with Crippen molar-refractivity contribution in [3.63, 3.8) is 0 Å². The predicted octanol–water partition coefficient (Wildman–Crippen LogP) is 2.20. The molecular weight excluding hydrogens is 234 g/mol. The van der Waals surface area contributed by atoms with Crippen molar-refractivity contribution in [1.29, 1.82) is 0 Å². The number of aliphatic hydroxyl groups excluding tert-OH is 2. The van der Waals surface area contributed by atoms with Gasteiger partial charge in [0.25, 0.3) is 0 Å². The zero-order valence-corrected chi connectivity index (χ0v) is 10.5. The first-order chi connectivity index (χ1) is 8.20. The van der Waals surface area contributed by atoms with E-state index in [9.17, 15) is 10.2 Å². The maximum atomic E-state index is 10.1. The van der Waals surface area contributed by atoms with Gasteiger partial charge in [0.05, 0.1) is 6.10 Å². The molecule has 0 saturated carbocycles. The van der Waals surface area contributed by atoms with Gasteiger partial charge < -0.3 is 15.9 Å². The summed E-state index contributed by atoms with van der Waals surface area (Å²) < 4.78 is 0. The second-order valence-corrected chi connectivity index (χ2v) is 4.84. The summed E-state index contributed by atoms with van der Waals surface area (Å²) in [4.78, 5) is 0.777. The molecule has 0 aliphatic rings. The average molecular weight is 253 g/mol. The molecule has 0 saturated heterocycles. The first kappa shape index (κ1) is 14.0. The molecule has 3 nitrogen and oxygen atoms in total. The van der Waals surface area contributed by atoms with Gasteiger partial charge in [-0.3, -0.25) is 0 Å². The molecule has 1 aromatic rings. The zero-order valence-electron chi connectivity index (χ0n) is 9.70. The Hall–Kier alpha value is -1.10. The fourth-order valence-corrected chi connectivity index (χ4v) is 2.43. The highest BCUT2D eigenvalue weighted by molar-refractivity contribution is 7.10. The smallest absolute Gasteiger partial charge is 0.115 e. The first-order valence-corrected chi connectivity index (χ1v) is 6.47. The van der Waals surface area contributed by atoms with Crippen molar-refractivity contribution < 1.29 is 10.2 Å². The SMILES string of the molecule is C=C[C@@H](CC/C=C/N)C(O)C(O)c1cccs1. The summed E-state index contributed by atoms with van der Waals surface area (Å²) in [7, 11) is 0. The van der Waals surface area contributed by atoms with Crippen molar-refractivity contribution in [2.24, 2.45) is 11.7 Å².